The van der Waals surface area contributed by atoms with Gasteiger partial charge in [0, 0.05) is 12.6 Å². The first-order valence-electron chi connectivity index (χ1n) is 8.22. The second kappa shape index (κ2) is 7.60. The minimum Gasteiger partial charge on any atom is -0.395 e. The van der Waals surface area contributed by atoms with Crippen molar-refractivity contribution < 1.29 is 9.90 Å². The molecule has 3 nitrogen and oxygen atoms in total. The lowest BCUT2D eigenvalue weighted by Crippen LogP contribution is -2.44. The summed E-state index contributed by atoms with van der Waals surface area (Å²) >= 11 is 0. The highest BCUT2D eigenvalue weighted by molar-refractivity contribution is 5.84. The van der Waals surface area contributed by atoms with Crippen LogP contribution in [0.15, 0.2) is 24.3 Å². The Morgan fingerprint density at radius 2 is 2.05 bits per heavy atom. The molecule has 0 aromatic heterocycles. The maximum Gasteiger partial charge on any atom is 0.230 e. The Morgan fingerprint density at radius 1 is 1.33 bits per heavy atom. The molecule has 3 heteroatoms. The van der Waals surface area contributed by atoms with E-state index in [9.17, 15) is 9.90 Å². The van der Waals surface area contributed by atoms with Crippen LogP contribution in [0.2, 0.25) is 0 Å². The lowest BCUT2D eigenvalue weighted by Gasteiger charge is -2.35. The van der Waals surface area contributed by atoms with Crippen molar-refractivity contribution in [3.63, 3.8) is 0 Å². The van der Waals surface area contributed by atoms with Gasteiger partial charge in [0.1, 0.15) is 0 Å². The average molecular weight is 289 g/mol. The van der Waals surface area contributed by atoms with Crippen molar-refractivity contribution in [2.45, 2.75) is 57.9 Å². The van der Waals surface area contributed by atoms with E-state index in [1.54, 1.807) is 0 Å². The zero-order chi connectivity index (χ0) is 15.2. The van der Waals surface area contributed by atoms with Gasteiger partial charge in [0.15, 0.2) is 0 Å². The van der Waals surface area contributed by atoms with Crippen LogP contribution < -0.4 is 0 Å². The van der Waals surface area contributed by atoms with Crippen molar-refractivity contribution in [3.05, 3.63) is 35.4 Å². The number of carbonyl (C=O) groups is 1. The molecule has 116 valence electrons. The normalized spacial score (nSPS) is 17.6. The van der Waals surface area contributed by atoms with Crippen LogP contribution in [0.25, 0.3) is 0 Å². The monoisotopic (exact) mass is 289 g/mol. The molecule has 0 bridgehead atoms. The van der Waals surface area contributed by atoms with Crippen LogP contribution in [-0.2, 0) is 11.2 Å². The zero-order valence-corrected chi connectivity index (χ0v) is 13.2. The zero-order valence-electron chi connectivity index (χ0n) is 13.2. The van der Waals surface area contributed by atoms with Gasteiger partial charge in [-0.1, -0.05) is 38.1 Å². The summed E-state index contributed by atoms with van der Waals surface area (Å²) in [5.74, 6) is 0.173. The Labute approximate surface area is 128 Å². The first-order chi connectivity index (χ1) is 10.2. The molecule has 21 heavy (non-hydrogen) atoms. The third-order valence-electron chi connectivity index (χ3n) is 4.67. The molecule has 0 saturated heterocycles. The maximum atomic E-state index is 13.0. The fourth-order valence-corrected chi connectivity index (χ4v) is 3.52. The van der Waals surface area contributed by atoms with Gasteiger partial charge < -0.3 is 10.0 Å². The van der Waals surface area contributed by atoms with Gasteiger partial charge in [0.2, 0.25) is 5.91 Å². The van der Waals surface area contributed by atoms with Crippen LogP contribution in [-0.4, -0.2) is 35.1 Å². The Morgan fingerprint density at radius 3 is 2.71 bits per heavy atom. The van der Waals surface area contributed by atoms with Crippen LogP contribution in [0.4, 0.5) is 0 Å². The third kappa shape index (κ3) is 3.46. The standard InChI is InChI=1S/C18H27NO2/c1-3-15(4-2)19(12-13-20)18(21)17-11-7-9-14-8-5-6-10-16(14)17/h5-6,8,10,15,17,20H,3-4,7,9,11-13H2,1-2H3. The summed E-state index contributed by atoms with van der Waals surface area (Å²) in [7, 11) is 0. The summed E-state index contributed by atoms with van der Waals surface area (Å²) in [6.07, 6.45) is 4.96. The van der Waals surface area contributed by atoms with Gasteiger partial charge in [-0.05, 0) is 43.2 Å². The molecule has 0 saturated carbocycles. The molecule has 1 aliphatic carbocycles. The molecule has 2 rings (SSSR count). The second-order valence-electron chi connectivity index (χ2n) is 5.87. The maximum absolute atomic E-state index is 13.0. The van der Waals surface area contributed by atoms with Crippen LogP contribution in [0.3, 0.4) is 0 Å². The highest BCUT2D eigenvalue weighted by Crippen LogP contribution is 2.33. The van der Waals surface area contributed by atoms with Crippen LogP contribution >= 0.6 is 0 Å². The van der Waals surface area contributed by atoms with Crippen molar-refractivity contribution in [1.29, 1.82) is 0 Å². The molecule has 1 aliphatic rings. The van der Waals surface area contributed by atoms with Gasteiger partial charge in [0.05, 0.1) is 12.5 Å². The predicted molar refractivity (Wildman–Crippen MR) is 85.3 cm³/mol. The summed E-state index contributed by atoms with van der Waals surface area (Å²) in [4.78, 5) is 14.9. The number of hydrogen-bond acceptors (Lipinski definition) is 2. The molecule has 1 unspecified atom stereocenters. The Kier molecular flexibility index (Phi) is 5.80. The number of aliphatic hydroxyl groups is 1. The molecule has 1 atom stereocenters. The van der Waals surface area contributed by atoms with Crippen molar-refractivity contribution in [2.24, 2.45) is 0 Å². The van der Waals surface area contributed by atoms with Crippen molar-refractivity contribution in [1.82, 2.24) is 4.90 Å². The average Bonchev–Trinajstić information content (AvgIpc) is 2.54. The van der Waals surface area contributed by atoms with E-state index in [2.05, 4.69) is 32.0 Å². The van der Waals surface area contributed by atoms with Gasteiger partial charge in [-0.3, -0.25) is 4.79 Å². The van der Waals surface area contributed by atoms with Gasteiger partial charge in [-0.15, -0.1) is 0 Å². The Bertz CT molecular complexity index is 468. The Balaban J connectivity index is 2.25. The van der Waals surface area contributed by atoms with Gasteiger partial charge in [-0.25, -0.2) is 0 Å². The summed E-state index contributed by atoms with van der Waals surface area (Å²) in [5.41, 5.74) is 2.51. The van der Waals surface area contributed by atoms with Gasteiger partial charge in [0.25, 0.3) is 0 Å². The summed E-state index contributed by atoms with van der Waals surface area (Å²) in [6, 6.07) is 8.55. The van der Waals surface area contributed by atoms with E-state index in [0.29, 0.717) is 6.54 Å². The number of carbonyl (C=O) groups excluding carboxylic acids is 1. The molecule has 0 spiro atoms. The van der Waals surface area contributed by atoms with Crippen LogP contribution in [0.5, 0.6) is 0 Å². The topological polar surface area (TPSA) is 40.5 Å². The third-order valence-corrected chi connectivity index (χ3v) is 4.67. The van der Waals surface area contributed by atoms with E-state index in [4.69, 9.17) is 0 Å². The van der Waals surface area contributed by atoms with Crippen molar-refractivity contribution in [3.8, 4) is 0 Å². The minimum absolute atomic E-state index is 0.0258. The number of aliphatic hydroxyl groups excluding tert-OH is 1. The fourth-order valence-electron chi connectivity index (χ4n) is 3.52. The molecule has 1 amide bonds. The van der Waals surface area contributed by atoms with Crippen LogP contribution in [0, 0.1) is 0 Å². The molecular formula is C18H27NO2. The molecule has 1 aromatic rings. The first-order valence-corrected chi connectivity index (χ1v) is 8.22. The molecule has 0 aliphatic heterocycles. The minimum atomic E-state index is -0.0258. The number of aryl methyl sites for hydroxylation is 1. The second-order valence-corrected chi connectivity index (χ2v) is 5.87. The number of nitrogens with zero attached hydrogens (tertiary/aromatic N) is 1. The lowest BCUT2D eigenvalue weighted by molar-refractivity contribution is -0.136. The predicted octanol–water partition coefficient (Wildman–Crippen LogP) is 3.12. The molecule has 1 N–H and O–H groups in total. The molecular weight excluding hydrogens is 262 g/mol. The lowest BCUT2D eigenvalue weighted by atomic mass is 9.81. The summed E-state index contributed by atoms with van der Waals surface area (Å²) in [6.45, 7) is 4.71. The number of hydrogen-bond donors (Lipinski definition) is 1. The van der Waals surface area contributed by atoms with Crippen LogP contribution in [0.1, 0.15) is 56.6 Å². The number of benzene rings is 1. The summed E-state index contributed by atoms with van der Waals surface area (Å²) < 4.78 is 0. The van der Waals surface area contributed by atoms with E-state index >= 15 is 0 Å². The SMILES string of the molecule is CCC(CC)N(CCO)C(=O)C1CCCc2ccccc21. The summed E-state index contributed by atoms with van der Waals surface area (Å²) in [5, 5.41) is 9.33. The number of rotatable bonds is 6. The van der Waals surface area contributed by atoms with Gasteiger partial charge in [-0.2, -0.15) is 0 Å². The highest BCUT2D eigenvalue weighted by Gasteiger charge is 2.31. The van der Waals surface area contributed by atoms with E-state index in [-0.39, 0.29) is 24.5 Å². The van der Waals surface area contributed by atoms with E-state index in [1.807, 2.05) is 11.0 Å². The highest BCUT2D eigenvalue weighted by atomic mass is 16.3. The van der Waals surface area contributed by atoms with E-state index < -0.39 is 0 Å². The number of amides is 1. The molecule has 0 heterocycles. The Hall–Kier alpha value is -1.35. The van der Waals surface area contributed by atoms with Gasteiger partial charge >= 0.3 is 0 Å². The first kappa shape index (κ1) is 16.0. The molecule has 1 aromatic carbocycles. The number of fused-ring (bicyclic) bond motifs is 1. The molecule has 0 radical (unpaired) electrons. The quantitative estimate of drug-likeness (QED) is 0.874. The smallest absolute Gasteiger partial charge is 0.230 e. The fraction of sp³-hybridized carbons (Fsp3) is 0.611. The van der Waals surface area contributed by atoms with E-state index in [1.165, 1.54) is 11.1 Å². The van der Waals surface area contributed by atoms with Crippen molar-refractivity contribution >= 4 is 5.91 Å². The largest absolute Gasteiger partial charge is 0.395 e. The van der Waals surface area contributed by atoms with E-state index in [0.717, 1.165) is 32.1 Å². The van der Waals surface area contributed by atoms with Crippen molar-refractivity contribution in [2.75, 3.05) is 13.2 Å². The molecule has 0 fully saturated rings.